The number of hydrogen-bond donors (Lipinski definition) is 0. The number of nitrogens with zero attached hydrogens (tertiary/aromatic N) is 2. The summed E-state index contributed by atoms with van der Waals surface area (Å²) in [5, 5.41) is 0. The van der Waals surface area contributed by atoms with Gasteiger partial charge in [0.25, 0.3) is 0 Å². The number of carbonyl (C=O) groups is 1. The van der Waals surface area contributed by atoms with Gasteiger partial charge < -0.3 is 14.5 Å². The topological polar surface area (TPSA) is 32.8 Å². The van der Waals surface area contributed by atoms with Crippen LogP contribution in [0.4, 0.5) is 0 Å². The Bertz CT molecular complexity index is 509. The molecule has 0 N–H and O–H groups in total. The van der Waals surface area contributed by atoms with E-state index < -0.39 is 0 Å². The summed E-state index contributed by atoms with van der Waals surface area (Å²) in [5.41, 5.74) is 1.22. The summed E-state index contributed by atoms with van der Waals surface area (Å²) in [5.74, 6) is 0.327. The number of hydrogen-bond acceptors (Lipinski definition) is 3. The van der Waals surface area contributed by atoms with Gasteiger partial charge >= 0.3 is 0 Å². The predicted octanol–water partition coefficient (Wildman–Crippen LogP) is 2.11. The van der Waals surface area contributed by atoms with Crippen molar-refractivity contribution in [2.75, 3.05) is 40.4 Å². The number of likely N-dealkylation sites (tertiary alicyclic amines) is 2. The van der Waals surface area contributed by atoms with Gasteiger partial charge in [-0.3, -0.25) is 4.79 Å². The van der Waals surface area contributed by atoms with Crippen LogP contribution < -0.4 is 0 Å². The van der Waals surface area contributed by atoms with Crippen LogP contribution in [0, 0.1) is 0 Å². The summed E-state index contributed by atoms with van der Waals surface area (Å²) in [4.78, 5) is 17.2. The molecule has 1 aromatic carbocycles. The Morgan fingerprint density at radius 3 is 2.55 bits per heavy atom. The van der Waals surface area contributed by atoms with Crippen molar-refractivity contribution >= 4 is 5.91 Å². The Kier molecular flexibility index (Phi) is 4.50. The lowest BCUT2D eigenvalue weighted by atomic mass is 9.81. The first-order valence-electron chi connectivity index (χ1n) is 8.20. The highest BCUT2D eigenvalue weighted by Crippen LogP contribution is 2.44. The van der Waals surface area contributed by atoms with Crippen molar-refractivity contribution in [3.63, 3.8) is 0 Å². The number of carbonyl (C=O) groups excluding carboxylic acids is 1. The van der Waals surface area contributed by atoms with Crippen LogP contribution in [0.5, 0.6) is 0 Å². The fraction of sp³-hybridized carbons (Fsp3) is 0.611. The molecule has 0 unspecified atom stereocenters. The summed E-state index contributed by atoms with van der Waals surface area (Å²) >= 11 is 0. The highest BCUT2D eigenvalue weighted by Gasteiger charge is 2.50. The number of piperidine rings is 1. The van der Waals surface area contributed by atoms with Gasteiger partial charge in [0.2, 0.25) is 5.91 Å². The SMILES string of the molecule is COCCN1CCC2(CC1)C[C@H](c1ccccc1)C(=O)N2C. The molecule has 4 heteroatoms. The summed E-state index contributed by atoms with van der Waals surface area (Å²) in [6, 6.07) is 10.2. The molecule has 22 heavy (non-hydrogen) atoms. The van der Waals surface area contributed by atoms with E-state index in [4.69, 9.17) is 4.74 Å². The highest BCUT2D eigenvalue weighted by molar-refractivity contribution is 5.87. The number of ether oxygens (including phenoxy) is 1. The molecule has 0 radical (unpaired) electrons. The molecule has 0 aromatic heterocycles. The van der Waals surface area contributed by atoms with E-state index in [1.807, 2.05) is 30.1 Å². The molecule has 2 aliphatic heterocycles. The lowest BCUT2D eigenvalue weighted by Crippen LogP contribution is -2.52. The molecule has 1 atom stereocenters. The first-order chi connectivity index (χ1) is 10.7. The molecule has 0 aliphatic carbocycles. The van der Waals surface area contributed by atoms with E-state index in [2.05, 4.69) is 17.0 Å². The number of rotatable bonds is 4. The smallest absolute Gasteiger partial charge is 0.230 e. The Morgan fingerprint density at radius 2 is 1.91 bits per heavy atom. The maximum atomic E-state index is 12.7. The zero-order chi connectivity index (χ0) is 15.6. The maximum absolute atomic E-state index is 12.7. The van der Waals surface area contributed by atoms with Crippen molar-refractivity contribution < 1.29 is 9.53 Å². The summed E-state index contributed by atoms with van der Waals surface area (Å²) < 4.78 is 5.17. The van der Waals surface area contributed by atoms with Crippen LogP contribution in [0.2, 0.25) is 0 Å². The maximum Gasteiger partial charge on any atom is 0.230 e. The van der Waals surface area contributed by atoms with Crippen molar-refractivity contribution in [1.82, 2.24) is 9.80 Å². The molecule has 1 aromatic rings. The minimum Gasteiger partial charge on any atom is -0.383 e. The Labute approximate surface area is 133 Å². The molecule has 0 bridgehead atoms. The second kappa shape index (κ2) is 6.39. The molecular formula is C18H26N2O2. The van der Waals surface area contributed by atoms with Gasteiger partial charge in [-0.2, -0.15) is 0 Å². The quantitative estimate of drug-likeness (QED) is 0.854. The van der Waals surface area contributed by atoms with Gasteiger partial charge in [-0.15, -0.1) is 0 Å². The normalized spacial score (nSPS) is 25.1. The zero-order valence-electron chi connectivity index (χ0n) is 13.6. The van der Waals surface area contributed by atoms with Gasteiger partial charge in [0.1, 0.15) is 0 Å². The molecule has 4 nitrogen and oxygen atoms in total. The van der Waals surface area contributed by atoms with Crippen molar-refractivity contribution in [1.29, 1.82) is 0 Å². The molecule has 2 fully saturated rings. The fourth-order valence-electron chi connectivity index (χ4n) is 3.97. The number of methoxy groups -OCH3 is 1. The predicted molar refractivity (Wildman–Crippen MR) is 86.9 cm³/mol. The molecule has 2 aliphatic rings. The van der Waals surface area contributed by atoms with Crippen LogP contribution in [0.15, 0.2) is 30.3 Å². The molecule has 3 rings (SSSR count). The van der Waals surface area contributed by atoms with E-state index in [9.17, 15) is 4.79 Å². The molecule has 0 saturated carbocycles. The third-order valence-corrected chi connectivity index (χ3v) is 5.52. The molecular weight excluding hydrogens is 276 g/mol. The zero-order valence-corrected chi connectivity index (χ0v) is 13.6. The van der Waals surface area contributed by atoms with Crippen LogP contribution in [-0.4, -0.2) is 61.6 Å². The molecule has 1 spiro atoms. The van der Waals surface area contributed by atoms with Gasteiger partial charge in [-0.1, -0.05) is 30.3 Å². The monoisotopic (exact) mass is 302 g/mol. The third kappa shape index (κ3) is 2.77. The van der Waals surface area contributed by atoms with E-state index in [1.54, 1.807) is 7.11 Å². The molecule has 2 saturated heterocycles. The molecule has 1 amide bonds. The summed E-state index contributed by atoms with van der Waals surface area (Å²) in [6.45, 7) is 3.89. The number of amides is 1. The van der Waals surface area contributed by atoms with Gasteiger partial charge in [-0.05, 0) is 24.8 Å². The van der Waals surface area contributed by atoms with Crippen LogP contribution in [0.1, 0.15) is 30.7 Å². The van der Waals surface area contributed by atoms with Gasteiger partial charge in [0.15, 0.2) is 0 Å². The van der Waals surface area contributed by atoms with Crippen LogP contribution in [-0.2, 0) is 9.53 Å². The van der Waals surface area contributed by atoms with Gasteiger partial charge in [0, 0.05) is 39.3 Å². The van der Waals surface area contributed by atoms with Crippen molar-refractivity contribution in [3.8, 4) is 0 Å². The number of benzene rings is 1. The first kappa shape index (κ1) is 15.5. The van der Waals surface area contributed by atoms with E-state index in [0.717, 1.165) is 51.1 Å². The molecule has 120 valence electrons. The average Bonchev–Trinajstić information content (AvgIpc) is 2.81. The van der Waals surface area contributed by atoms with Crippen LogP contribution >= 0.6 is 0 Å². The first-order valence-corrected chi connectivity index (χ1v) is 8.20. The Hall–Kier alpha value is -1.39. The second-order valence-corrected chi connectivity index (χ2v) is 6.62. The highest BCUT2D eigenvalue weighted by atomic mass is 16.5. The minimum absolute atomic E-state index is 0.0386. The average molecular weight is 302 g/mol. The van der Waals surface area contributed by atoms with Gasteiger partial charge in [0.05, 0.1) is 12.5 Å². The third-order valence-electron chi connectivity index (χ3n) is 5.52. The van der Waals surface area contributed by atoms with E-state index in [0.29, 0.717) is 0 Å². The van der Waals surface area contributed by atoms with Gasteiger partial charge in [-0.25, -0.2) is 0 Å². The lowest BCUT2D eigenvalue weighted by molar-refractivity contribution is -0.131. The van der Waals surface area contributed by atoms with Crippen LogP contribution in [0.3, 0.4) is 0 Å². The summed E-state index contributed by atoms with van der Waals surface area (Å²) in [6.07, 6.45) is 3.11. The fourth-order valence-corrected chi connectivity index (χ4v) is 3.97. The van der Waals surface area contributed by atoms with Crippen LogP contribution in [0.25, 0.3) is 0 Å². The van der Waals surface area contributed by atoms with E-state index in [-0.39, 0.29) is 17.4 Å². The van der Waals surface area contributed by atoms with Crippen molar-refractivity contribution in [2.45, 2.75) is 30.7 Å². The number of likely N-dealkylation sites (N-methyl/N-ethyl adjacent to an activating group) is 1. The largest absolute Gasteiger partial charge is 0.383 e. The standard InChI is InChI=1S/C18H26N2O2/c1-19-17(21)16(15-6-4-3-5-7-15)14-18(19)8-10-20(11-9-18)12-13-22-2/h3-7,16H,8-14H2,1-2H3/t16-/m1/s1. The Morgan fingerprint density at radius 1 is 1.23 bits per heavy atom. The molecule has 2 heterocycles. The van der Waals surface area contributed by atoms with E-state index >= 15 is 0 Å². The van der Waals surface area contributed by atoms with Crippen molar-refractivity contribution in [3.05, 3.63) is 35.9 Å². The Balaban J connectivity index is 1.70. The second-order valence-electron chi connectivity index (χ2n) is 6.62. The van der Waals surface area contributed by atoms with Crippen molar-refractivity contribution in [2.24, 2.45) is 0 Å². The summed E-state index contributed by atoms with van der Waals surface area (Å²) in [7, 11) is 3.75. The lowest BCUT2D eigenvalue weighted by Gasteiger charge is -2.43. The van der Waals surface area contributed by atoms with E-state index in [1.165, 1.54) is 0 Å². The minimum atomic E-state index is 0.0386.